The predicted octanol–water partition coefficient (Wildman–Crippen LogP) is 3.04. The van der Waals surface area contributed by atoms with Gasteiger partial charge in [-0.25, -0.2) is 4.68 Å². The molecule has 0 saturated heterocycles. The first kappa shape index (κ1) is 18.8. The van der Waals surface area contributed by atoms with E-state index in [0.29, 0.717) is 12.2 Å². The Kier molecular flexibility index (Phi) is 6.33. The minimum atomic E-state index is -0.227. The lowest BCUT2D eigenvalue weighted by Crippen LogP contribution is -2.26. The number of amides is 1. The molecular formula is C21H25N5O. The number of para-hydroxylation sites is 1. The Morgan fingerprint density at radius 3 is 2.37 bits per heavy atom. The largest absolute Gasteiger partial charge is 0.347 e. The van der Waals surface area contributed by atoms with Crippen molar-refractivity contribution in [2.45, 2.75) is 26.9 Å². The number of carbonyl (C=O) groups is 1. The maximum absolute atomic E-state index is 12.5. The van der Waals surface area contributed by atoms with Crippen LogP contribution >= 0.6 is 0 Å². The first-order valence-corrected chi connectivity index (χ1v) is 9.26. The second kappa shape index (κ2) is 9.09. The normalized spacial score (nSPS) is 10.9. The van der Waals surface area contributed by atoms with Crippen LogP contribution in [0.1, 0.15) is 35.5 Å². The molecule has 27 heavy (non-hydrogen) atoms. The topological polar surface area (TPSA) is 63.1 Å². The summed E-state index contributed by atoms with van der Waals surface area (Å²) in [6, 6.07) is 17.8. The third-order valence-corrected chi connectivity index (χ3v) is 4.59. The zero-order chi connectivity index (χ0) is 19.1. The summed E-state index contributed by atoms with van der Waals surface area (Å²) in [5.41, 5.74) is 3.52. The highest BCUT2D eigenvalue weighted by Gasteiger charge is 2.12. The van der Waals surface area contributed by atoms with Gasteiger partial charge in [-0.05, 0) is 36.3 Å². The smallest absolute Gasteiger partial charge is 0.273 e. The fraction of sp³-hybridized carbons (Fsp3) is 0.286. The Morgan fingerprint density at radius 2 is 1.67 bits per heavy atom. The lowest BCUT2D eigenvalue weighted by molar-refractivity contribution is 0.0945. The Morgan fingerprint density at radius 1 is 1.00 bits per heavy atom. The van der Waals surface area contributed by atoms with Gasteiger partial charge < -0.3 is 5.32 Å². The highest BCUT2D eigenvalue weighted by molar-refractivity contribution is 5.91. The molecule has 0 aliphatic carbocycles. The van der Waals surface area contributed by atoms with Gasteiger partial charge in [-0.1, -0.05) is 61.5 Å². The number of hydrogen-bond acceptors (Lipinski definition) is 4. The number of benzene rings is 2. The summed E-state index contributed by atoms with van der Waals surface area (Å²) >= 11 is 0. The SMILES string of the molecule is CCN(CC)Cc1ccccc1CNC(=O)c1cn(-c2ccccc2)nn1. The summed E-state index contributed by atoms with van der Waals surface area (Å²) < 4.78 is 1.60. The van der Waals surface area contributed by atoms with Crippen LogP contribution in [0.3, 0.4) is 0 Å². The van der Waals surface area contributed by atoms with Gasteiger partial charge in [0.2, 0.25) is 0 Å². The van der Waals surface area contributed by atoms with Crippen molar-refractivity contribution in [3.8, 4) is 5.69 Å². The Bertz CT molecular complexity index is 871. The maximum Gasteiger partial charge on any atom is 0.273 e. The molecule has 0 spiro atoms. The van der Waals surface area contributed by atoms with Crippen molar-refractivity contribution in [2.24, 2.45) is 0 Å². The predicted molar refractivity (Wildman–Crippen MR) is 106 cm³/mol. The van der Waals surface area contributed by atoms with E-state index in [4.69, 9.17) is 0 Å². The molecule has 0 radical (unpaired) electrons. The van der Waals surface area contributed by atoms with Crippen LogP contribution in [-0.2, 0) is 13.1 Å². The monoisotopic (exact) mass is 363 g/mol. The van der Waals surface area contributed by atoms with Crippen LogP contribution in [0.2, 0.25) is 0 Å². The quantitative estimate of drug-likeness (QED) is 0.668. The van der Waals surface area contributed by atoms with Gasteiger partial charge in [0.1, 0.15) is 0 Å². The van der Waals surface area contributed by atoms with E-state index in [1.54, 1.807) is 10.9 Å². The number of hydrogen-bond donors (Lipinski definition) is 1. The molecule has 1 N–H and O–H groups in total. The van der Waals surface area contributed by atoms with Crippen LogP contribution in [0, 0.1) is 0 Å². The summed E-state index contributed by atoms with van der Waals surface area (Å²) in [5.74, 6) is -0.227. The van der Waals surface area contributed by atoms with E-state index in [-0.39, 0.29) is 5.91 Å². The average Bonchev–Trinajstić information content (AvgIpc) is 3.22. The fourth-order valence-corrected chi connectivity index (χ4v) is 2.91. The van der Waals surface area contributed by atoms with Gasteiger partial charge >= 0.3 is 0 Å². The van der Waals surface area contributed by atoms with Gasteiger partial charge in [-0.3, -0.25) is 9.69 Å². The summed E-state index contributed by atoms with van der Waals surface area (Å²) in [7, 11) is 0. The van der Waals surface area contributed by atoms with E-state index < -0.39 is 0 Å². The second-order valence-corrected chi connectivity index (χ2v) is 6.30. The molecule has 0 aliphatic heterocycles. The minimum absolute atomic E-state index is 0.227. The van der Waals surface area contributed by atoms with Crippen LogP contribution in [0.25, 0.3) is 5.69 Å². The molecule has 3 rings (SSSR count). The first-order chi connectivity index (χ1) is 13.2. The molecule has 0 saturated carbocycles. The molecular weight excluding hydrogens is 338 g/mol. The zero-order valence-corrected chi connectivity index (χ0v) is 15.8. The van der Waals surface area contributed by atoms with Crippen LogP contribution in [0.15, 0.2) is 60.8 Å². The molecule has 0 aliphatic rings. The van der Waals surface area contributed by atoms with E-state index in [1.807, 2.05) is 42.5 Å². The standard InChI is InChI=1S/C21H25N5O/c1-3-25(4-2)15-18-11-9-8-10-17(18)14-22-21(27)20-16-26(24-23-20)19-12-6-5-7-13-19/h5-13,16H,3-4,14-15H2,1-2H3,(H,22,27). The van der Waals surface area contributed by atoms with Crippen molar-refractivity contribution >= 4 is 5.91 Å². The Hall–Kier alpha value is -2.99. The summed E-state index contributed by atoms with van der Waals surface area (Å²) in [6.45, 7) is 7.66. The summed E-state index contributed by atoms with van der Waals surface area (Å²) in [5, 5.41) is 11.0. The zero-order valence-electron chi connectivity index (χ0n) is 15.8. The average molecular weight is 363 g/mol. The highest BCUT2D eigenvalue weighted by Crippen LogP contribution is 2.12. The summed E-state index contributed by atoms with van der Waals surface area (Å²) in [6.07, 6.45) is 1.65. The van der Waals surface area contributed by atoms with Gasteiger partial charge in [0, 0.05) is 13.1 Å². The van der Waals surface area contributed by atoms with Gasteiger partial charge in [0.25, 0.3) is 5.91 Å². The van der Waals surface area contributed by atoms with Crippen molar-refractivity contribution < 1.29 is 4.79 Å². The van der Waals surface area contributed by atoms with Crippen LogP contribution in [-0.4, -0.2) is 38.9 Å². The molecule has 3 aromatic rings. The molecule has 0 unspecified atom stereocenters. The molecule has 140 valence electrons. The molecule has 6 nitrogen and oxygen atoms in total. The summed E-state index contributed by atoms with van der Waals surface area (Å²) in [4.78, 5) is 14.8. The van der Waals surface area contributed by atoms with Gasteiger partial charge in [0.15, 0.2) is 5.69 Å². The fourth-order valence-electron chi connectivity index (χ4n) is 2.91. The number of aromatic nitrogens is 3. The van der Waals surface area contributed by atoms with Gasteiger partial charge in [-0.2, -0.15) is 0 Å². The van der Waals surface area contributed by atoms with E-state index in [1.165, 1.54) is 5.56 Å². The number of nitrogens with zero attached hydrogens (tertiary/aromatic N) is 4. The van der Waals surface area contributed by atoms with E-state index in [0.717, 1.165) is 30.9 Å². The van der Waals surface area contributed by atoms with Crippen molar-refractivity contribution in [3.63, 3.8) is 0 Å². The Balaban J connectivity index is 1.65. The lowest BCUT2D eigenvalue weighted by atomic mass is 10.1. The molecule has 0 fully saturated rings. The van der Waals surface area contributed by atoms with Gasteiger partial charge in [0.05, 0.1) is 11.9 Å². The Labute approximate surface area is 159 Å². The van der Waals surface area contributed by atoms with Crippen LogP contribution in [0.5, 0.6) is 0 Å². The first-order valence-electron chi connectivity index (χ1n) is 9.26. The second-order valence-electron chi connectivity index (χ2n) is 6.30. The highest BCUT2D eigenvalue weighted by atomic mass is 16.2. The van der Waals surface area contributed by atoms with Crippen LogP contribution in [0.4, 0.5) is 0 Å². The van der Waals surface area contributed by atoms with E-state index in [2.05, 4.69) is 46.5 Å². The third-order valence-electron chi connectivity index (χ3n) is 4.59. The van der Waals surface area contributed by atoms with Crippen LogP contribution < -0.4 is 5.32 Å². The molecule has 2 aromatic carbocycles. The number of carbonyl (C=O) groups excluding carboxylic acids is 1. The number of nitrogens with one attached hydrogen (secondary N) is 1. The van der Waals surface area contributed by atoms with Crippen molar-refractivity contribution in [1.82, 2.24) is 25.2 Å². The van der Waals surface area contributed by atoms with Crippen molar-refractivity contribution in [3.05, 3.63) is 77.6 Å². The van der Waals surface area contributed by atoms with E-state index >= 15 is 0 Å². The van der Waals surface area contributed by atoms with Gasteiger partial charge in [-0.15, -0.1) is 5.10 Å². The van der Waals surface area contributed by atoms with Crippen molar-refractivity contribution in [2.75, 3.05) is 13.1 Å². The molecule has 0 atom stereocenters. The lowest BCUT2D eigenvalue weighted by Gasteiger charge is -2.20. The maximum atomic E-state index is 12.5. The molecule has 0 bridgehead atoms. The van der Waals surface area contributed by atoms with Crippen molar-refractivity contribution in [1.29, 1.82) is 0 Å². The number of rotatable bonds is 8. The minimum Gasteiger partial charge on any atom is -0.347 e. The molecule has 1 heterocycles. The molecule has 1 aromatic heterocycles. The third kappa shape index (κ3) is 4.80. The molecule has 6 heteroatoms. The van der Waals surface area contributed by atoms with E-state index in [9.17, 15) is 4.79 Å². The molecule has 1 amide bonds.